The molecular formula is C19H31N5O3. The van der Waals surface area contributed by atoms with Crippen LogP contribution in [0, 0.1) is 5.92 Å². The Morgan fingerprint density at radius 1 is 1.33 bits per heavy atom. The predicted molar refractivity (Wildman–Crippen MR) is 100 cm³/mol. The van der Waals surface area contributed by atoms with Crippen LogP contribution in [0.4, 0.5) is 0 Å². The van der Waals surface area contributed by atoms with Crippen molar-refractivity contribution in [3.05, 3.63) is 11.7 Å². The lowest BCUT2D eigenvalue weighted by atomic mass is 9.97. The van der Waals surface area contributed by atoms with Crippen molar-refractivity contribution in [3.8, 4) is 0 Å². The van der Waals surface area contributed by atoms with E-state index in [0.717, 1.165) is 38.8 Å². The Labute approximate surface area is 160 Å². The van der Waals surface area contributed by atoms with Gasteiger partial charge in [-0.1, -0.05) is 19.0 Å². The minimum Gasteiger partial charge on any atom is -0.354 e. The van der Waals surface area contributed by atoms with E-state index in [2.05, 4.69) is 20.8 Å². The summed E-state index contributed by atoms with van der Waals surface area (Å²) in [6.07, 6.45) is 4.85. The van der Waals surface area contributed by atoms with Gasteiger partial charge in [0.25, 0.3) is 0 Å². The molecule has 2 unspecified atom stereocenters. The van der Waals surface area contributed by atoms with Gasteiger partial charge in [0.05, 0.1) is 6.04 Å². The van der Waals surface area contributed by atoms with E-state index in [1.54, 1.807) is 0 Å². The molecule has 0 spiro atoms. The van der Waals surface area contributed by atoms with E-state index in [4.69, 9.17) is 4.52 Å². The lowest BCUT2D eigenvalue weighted by Crippen LogP contribution is -2.46. The Morgan fingerprint density at radius 2 is 2.19 bits per heavy atom. The summed E-state index contributed by atoms with van der Waals surface area (Å²) in [5.74, 6) is 1.96. The highest BCUT2D eigenvalue weighted by Crippen LogP contribution is 2.18. The van der Waals surface area contributed by atoms with Gasteiger partial charge in [-0.05, 0) is 38.1 Å². The standard InChI is InChI=1S/C19H31N5O3/c1-13(2)18-22-16(27-23-18)7-8-17(25)24-10-4-5-14(12-24)11-21-19(26)15-6-3-9-20-15/h13-15,20H,3-12H2,1-2H3,(H,21,26). The molecule has 2 fully saturated rings. The number of carbonyl (C=O) groups excluding carboxylic acids is 2. The second-order valence-electron chi connectivity index (χ2n) is 7.94. The van der Waals surface area contributed by atoms with Crippen LogP contribution in [0.25, 0.3) is 0 Å². The van der Waals surface area contributed by atoms with Gasteiger partial charge in [0, 0.05) is 38.4 Å². The van der Waals surface area contributed by atoms with Crippen LogP contribution in [-0.2, 0) is 16.0 Å². The van der Waals surface area contributed by atoms with Crippen LogP contribution in [-0.4, -0.2) is 59.1 Å². The Hall–Kier alpha value is -1.96. The van der Waals surface area contributed by atoms with Gasteiger partial charge in [-0.2, -0.15) is 4.98 Å². The molecule has 3 heterocycles. The third kappa shape index (κ3) is 5.51. The maximum Gasteiger partial charge on any atom is 0.237 e. The number of hydrogen-bond acceptors (Lipinski definition) is 6. The molecule has 3 rings (SSSR count). The van der Waals surface area contributed by atoms with Gasteiger partial charge >= 0.3 is 0 Å². The predicted octanol–water partition coefficient (Wildman–Crippen LogP) is 1.23. The molecule has 0 saturated carbocycles. The minimum absolute atomic E-state index is 0.0449. The largest absolute Gasteiger partial charge is 0.354 e. The number of piperidine rings is 1. The molecule has 8 heteroatoms. The lowest BCUT2D eigenvalue weighted by molar-refractivity contribution is -0.133. The monoisotopic (exact) mass is 377 g/mol. The molecule has 2 saturated heterocycles. The highest BCUT2D eigenvalue weighted by Gasteiger charge is 2.26. The molecule has 1 aromatic heterocycles. The smallest absolute Gasteiger partial charge is 0.237 e. The zero-order chi connectivity index (χ0) is 19.2. The molecule has 2 amide bonds. The number of aryl methyl sites for hydroxylation is 1. The van der Waals surface area contributed by atoms with Crippen LogP contribution in [0.5, 0.6) is 0 Å². The summed E-state index contributed by atoms with van der Waals surface area (Å²) in [7, 11) is 0. The summed E-state index contributed by atoms with van der Waals surface area (Å²) >= 11 is 0. The van der Waals surface area contributed by atoms with Crippen molar-refractivity contribution < 1.29 is 14.1 Å². The second kappa shape index (κ2) is 9.30. The van der Waals surface area contributed by atoms with Crippen LogP contribution >= 0.6 is 0 Å². The van der Waals surface area contributed by atoms with Gasteiger partial charge in [0.2, 0.25) is 17.7 Å². The highest BCUT2D eigenvalue weighted by molar-refractivity contribution is 5.82. The van der Waals surface area contributed by atoms with Gasteiger partial charge in [-0.25, -0.2) is 0 Å². The van der Waals surface area contributed by atoms with E-state index in [-0.39, 0.29) is 23.8 Å². The zero-order valence-electron chi connectivity index (χ0n) is 16.4. The molecule has 2 aliphatic rings. The van der Waals surface area contributed by atoms with Gasteiger partial charge in [-0.3, -0.25) is 9.59 Å². The van der Waals surface area contributed by atoms with E-state index < -0.39 is 0 Å². The number of amides is 2. The quantitative estimate of drug-likeness (QED) is 0.741. The topological polar surface area (TPSA) is 100 Å². The Balaban J connectivity index is 1.41. The Morgan fingerprint density at radius 3 is 2.89 bits per heavy atom. The molecule has 2 aliphatic heterocycles. The number of rotatable bonds is 7. The molecule has 2 atom stereocenters. The number of nitrogens with one attached hydrogen (secondary N) is 2. The van der Waals surface area contributed by atoms with E-state index in [1.165, 1.54) is 0 Å². The molecular weight excluding hydrogens is 346 g/mol. The average molecular weight is 377 g/mol. The van der Waals surface area contributed by atoms with Crippen LogP contribution < -0.4 is 10.6 Å². The highest BCUT2D eigenvalue weighted by atomic mass is 16.5. The van der Waals surface area contributed by atoms with E-state index >= 15 is 0 Å². The van der Waals surface area contributed by atoms with Crippen molar-refractivity contribution in [2.45, 2.75) is 64.3 Å². The minimum atomic E-state index is -0.0449. The first-order valence-electron chi connectivity index (χ1n) is 10.1. The first-order valence-corrected chi connectivity index (χ1v) is 10.1. The van der Waals surface area contributed by atoms with Gasteiger partial charge < -0.3 is 20.1 Å². The van der Waals surface area contributed by atoms with Crippen LogP contribution in [0.2, 0.25) is 0 Å². The molecule has 27 heavy (non-hydrogen) atoms. The SMILES string of the molecule is CC(C)c1noc(CCC(=O)N2CCCC(CNC(=O)C3CCCN3)C2)n1. The van der Waals surface area contributed by atoms with Crippen LogP contribution in [0.3, 0.4) is 0 Å². The maximum absolute atomic E-state index is 12.5. The molecule has 150 valence electrons. The van der Waals surface area contributed by atoms with Gasteiger partial charge in [0.1, 0.15) is 0 Å². The zero-order valence-corrected chi connectivity index (χ0v) is 16.4. The molecule has 0 bridgehead atoms. The maximum atomic E-state index is 12.5. The Bertz CT molecular complexity index is 639. The number of aromatic nitrogens is 2. The van der Waals surface area contributed by atoms with E-state index in [9.17, 15) is 9.59 Å². The summed E-state index contributed by atoms with van der Waals surface area (Å²) in [4.78, 5) is 30.9. The fraction of sp³-hybridized carbons (Fsp3) is 0.789. The van der Waals surface area contributed by atoms with E-state index in [0.29, 0.717) is 43.6 Å². The summed E-state index contributed by atoms with van der Waals surface area (Å²) in [6.45, 7) is 7.07. The number of carbonyl (C=O) groups is 2. The van der Waals surface area contributed by atoms with Crippen LogP contribution in [0.1, 0.15) is 63.6 Å². The number of nitrogens with zero attached hydrogens (tertiary/aromatic N) is 3. The van der Waals surface area contributed by atoms with Crippen molar-refractivity contribution >= 4 is 11.8 Å². The number of likely N-dealkylation sites (tertiary alicyclic amines) is 1. The second-order valence-corrected chi connectivity index (χ2v) is 7.94. The molecule has 8 nitrogen and oxygen atoms in total. The molecule has 0 aliphatic carbocycles. The van der Waals surface area contributed by atoms with Crippen molar-refractivity contribution in [2.75, 3.05) is 26.2 Å². The fourth-order valence-corrected chi connectivity index (χ4v) is 3.71. The van der Waals surface area contributed by atoms with Crippen molar-refractivity contribution in [1.29, 1.82) is 0 Å². The van der Waals surface area contributed by atoms with Gasteiger partial charge in [-0.15, -0.1) is 0 Å². The third-order valence-corrected chi connectivity index (χ3v) is 5.37. The first-order chi connectivity index (χ1) is 13.0. The normalized spacial score (nSPS) is 23.0. The van der Waals surface area contributed by atoms with Crippen molar-refractivity contribution in [2.24, 2.45) is 5.92 Å². The summed E-state index contributed by atoms with van der Waals surface area (Å²) in [6, 6.07) is -0.0449. The molecule has 1 aromatic rings. The fourth-order valence-electron chi connectivity index (χ4n) is 3.71. The van der Waals surface area contributed by atoms with Gasteiger partial charge in [0.15, 0.2) is 5.82 Å². The van der Waals surface area contributed by atoms with E-state index in [1.807, 2.05) is 18.7 Å². The summed E-state index contributed by atoms with van der Waals surface area (Å²) < 4.78 is 5.21. The molecule has 0 aromatic carbocycles. The van der Waals surface area contributed by atoms with Crippen molar-refractivity contribution in [3.63, 3.8) is 0 Å². The third-order valence-electron chi connectivity index (χ3n) is 5.37. The molecule has 2 N–H and O–H groups in total. The van der Waals surface area contributed by atoms with Crippen LogP contribution in [0.15, 0.2) is 4.52 Å². The number of hydrogen-bond donors (Lipinski definition) is 2. The summed E-state index contributed by atoms with van der Waals surface area (Å²) in [5, 5.41) is 10.2. The lowest BCUT2D eigenvalue weighted by Gasteiger charge is -2.33. The Kier molecular flexibility index (Phi) is 6.82. The first kappa shape index (κ1) is 19.8. The molecule has 0 radical (unpaired) electrons. The average Bonchev–Trinajstić information content (AvgIpc) is 3.36. The summed E-state index contributed by atoms with van der Waals surface area (Å²) in [5.41, 5.74) is 0. The van der Waals surface area contributed by atoms with Crippen molar-refractivity contribution in [1.82, 2.24) is 25.7 Å².